The predicted octanol–water partition coefficient (Wildman–Crippen LogP) is 1.20. The van der Waals surface area contributed by atoms with Crippen molar-refractivity contribution >= 4 is 17.8 Å². The van der Waals surface area contributed by atoms with Crippen LogP contribution in [0.2, 0.25) is 0 Å². The van der Waals surface area contributed by atoms with Crippen LogP contribution in [0.25, 0.3) is 0 Å². The highest BCUT2D eigenvalue weighted by molar-refractivity contribution is 5.90. The first-order chi connectivity index (χ1) is 11.0. The number of nitrogens with one attached hydrogen (secondary N) is 1. The molecule has 1 aliphatic heterocycles. The zero-order chi connectivity index (χ0) is 16.8. The van der Waals surface area contributed by atoms with Gasteiger partial charge in [0, 0.05) is 25.9 Å². The van der Waals surface area contributed by atoms with Gasteiger partial charge in [-0.1, -0.05) is 30.3 Å². The van der Waals surface area contributed by atoms with E-state index in [-0.39, 0.29) is 24.3 Å². The van der Waals surface area contributed by atoms with Crippen molar-refractivity contribution in [1.82, 2.24) is 10.2 Å². The number of nitrogens with zero attached hydrogens (tertiary/aromatic N) is 1. The van der Waals surface area contributed by atoms with Gasteiger partial charge in [-0.3, -0.25) is 14.4 Å². The van der Waals surface area contributed by atoms with Crippen LogP contribution >= 0.6 is 0 Å². The van der Waals surface area contributed by atoms with Crippen molar-refractivity contribution < 1.29 is 19.5 Å². The molecule has 0 spiro atoms. The van der Waals surface area contributed by atoms with Gasteiger partial charge in [0.1, 0.15) is 6.04 Å². The average Bonchev–Trinajstić information content (AvgIpc) is 2.85. The van der Waals surface area contributed by atoms with Crippen molar-refractivity contribution in [2.24, 2.45) is 0 Å². The summed E-state index contributed by atoms with van der Waals surface area (Å²) in [7, 11) is 1.63. The molecular formula is C17H22N2O4. The molecule has 1 aromatic rings. The van der Waals surface area contributed by atoms with E-state index in [0.29, 0.717) is 25.7 Å². The smallest absolute Gasteiger partial charge is 0.303 e. The molecule has 0 aliphatic carbocycles. The lowest BCUT2D eigenvalue weighted by Gasteiger charge is -2.24. The Balaban J connectivity index is 2.00. The van der Waals surface area contributed by atoms with E-state index in [9.17, 15) is 14.4 Å². The molecule has 0 radical (unpaired) electrons. The maximum atomic E-state index is 12.4. The molecule has 1 fully saturated rings. The minimum atomic E-state index is -0.884. The van der Waals surface area contributed by atoms with Crippen LogP contribution in [0.5, 0.6) is 0 Å². The number of carbonyl (C=O) groups excluding carboxylic acids is 2. The van der Waals surface area contributed by atoms with Crippen LogP contribution in [0.3, 0.4) is 0 Å². The second kappa shape index (κ2) is 7.76. The molecular weight excluding hydrogens is 296 g/mol. The number of hydrogen-bond donors (Lipinski definition) is 2. The average molecular weight is 318 g/mol. The molecule has 2 amide bonds. The summed E-state index contributed by atoms with van der Waals surface area (Å²) in [4.78, 5) is 36.2. The van der Waals surface area contributed by atoms with E-state index in [1.54, 1.807) is 7.05 Å². The molecule has 0 bridgehead atoms. The lowest BCUT2D eigenvalue weighted by atomic mass is 10.0. The standard InChI is InChI=1S/C17H22N2O4/c1-19-14(8-9-15(19)20)17(23)18-13(7-10-16(21)22)11-12-5-3-2-4-6-12/h2-6,13-14H,7-11H2,1H3,(H,18,23)(H,21,22). The minimum Gasteiger partial charge on any atom is -0.481 e. The largest absolute Gasteiger partial charge is 0.481 e. The highest BCUT2D eigenvalue weighted by Crippen LogP contribution is 2.17. The molecule has 23 heavy (non-hydrogen) atoms. The Morgan fingerprint density at radius 1 is 1.35 bits per heavy atom. The van der Waals surface area contributed by atoms with Gasteiger partial charge in [0.2, 0.25) is 11.8 Å². The van der Waals surface area contributed by atoms with E-state index in [2.05, 4.69) is 5.32 Å². The summed E-state index contributed by atoms with van der Waals surface area (Å²) < 4.78 is 0. The van der Waals surface area contributed by atoms with Crippen molar-refractivity contribution in [2.75, 3.05) is 7.05 Å². The van der Waals surface area contributed by atoms with Gasteiger partial charge in [0.15, 0.2) is 0 Å². The van der Waals surface area contributed by atoms with Crippen LogP contribution in [0, 0.1) is 0 Å². The van der Waals surface area contributed by atoms with Gasteiger partial charge in [-0.15, -0.1) is 0 Å². The first-order valence-corrected chi connectivity index (χ1v) is 7.79. The van der Waals surface area contributed by atoms with Crippen molar-refractivity contribution in [2.45, 2.75) is 44.2 Å². The van der Waals surface area contributed by atoms with E-state index in [1.807, 2.05) is 30.3 Å². The monoisotopic (exact) mass is 318 g/mol. The summed E-state index contributed by atoms with van der Waals surface area (Å²) in [5.41, 5.74) is 1.04. The van der Waals surface area contributed by atoms with Gasteiger partial charge < -0.3 is 15.3 Å². The van der Waals surface area contributed by atoms with Gasteiger partial charge in [-0.2, -0.15) is 0 Å². The number of hydrogen-bond acceptors (Lipinski definition) is 3. The van der Waals surface area contributed by atoms with Crippen LogP contribution in [-0.2, 0) is 20.8 Å². The summed E-state index contributed by atoms with van der Waals surface area (Å²) in [5.74, 6) is -1.12. The summed E-state index contributed by atoms with van der Waals surface area (Å²) in [5, 5.41) is 11.8. The molecule has 1 aromatic carbocycles. The van der Waals surface area contributed by atoms with Crippen molar-refractivity contribution in [3.63, 3.8) is 0 Å². The normalized spacial score (nSPS) is 18.7. The molecule has 2 N–H and O–H groups in total. The number of carboxylic acid groups (broad SMARTS) is 1. The second-order valence-corrected chi connectivity index (χ2v) is 5.89. The van der Waals surface area contributed by atoms with Gasteiger partial charge in [-0.05, 0) is 24.8 Å². The fraction of sp³-hybridized carbons (Fsp3) is 0.471. The third kappa shape index (κ3) is 4.81. The predicted molar refractivity (Wildman–Crippen MR) is 84.7 cm³/mol. The van der Waals surface area contributed by atoms with Crippen LogP contribution in [-0.4, -0.2) is 46.9 Å². The fourth-order valence-corrected chi connectivity index (χ4v) is 2.83. The Hall–Kier alpha value is -2.37. The number of aliphatic carboxylic acids is 1. The fourth-order valence-electron chi connectivity index (χ4n) is 2.83. The molecule has 6 heteroatoms. The number of benzene rings is 1. The Kier molecular flexibility index (Phi) is 5.73. The lowest BCUT2D eigenvalue weighted by molar-refractivity contribution is -0.137. The highest BCUT2D eigenvalue weighted by atomic mass is 16.4. The maximum Gasteiger partial charge on any atom is 0.303 e. The van der Waals surface area contributed by atoms with E-state index in [4.69, 9.17) is 5.11 Å². The van der Waals surface area contributed by atoms with Crippen molar-refractivity contribution in [3.05, 3.63) is 35.9 Å². The molecule has 6 nitrogen and oxygen atoms in total. The molecule has 1 saturated heterocycles. The molecule has 1 aliphatic rings. The maximum absolute atomic E-state index is 12.4. The SMILES string of the molecule is CN1C(=O)CCC1C(=O)NC(CCC(=O)O)Cc1ccccc1. The quantitative estimate of drug-likeness (QED) is 0.791. The van der Waals surface area contributed by atoms with E-state index in [1.165, 1.54) is 4.90 Å². The molecule has 2 rings (SSSR count). The number of amides is 2. The topological polar surface area (TPSA) is 86.7 Å². The summed E-state index contributed by atoms with van der Waals surface area (Å²) >= 11 is 0. The summed E-state index contributed by atoms with van der Waals surface area (Å²) in [6, 6.07) is 8.92. The van der Waals surface area contributed by atoms with Gasteiger partial charge in [0.25, 0.3) is 0 Å². The molecule has 0 saturated carbocycles. The number of carboxylic acids is 1. The Labute approximate surface area is 135 Å². The first kappa shape index (κ1) is 17.0. The number of likely N-dealkylation sites (tertiary alicyclic amines) is 1. The number of rotatable bonds is 7. The first-order valence-electron chi connectivity index (χ1n) is 7.79. The van der Waals surface area contributed by atoms with Crippen LogP contribution in [0.4, 0.5) is 0 Å². The zero-order valence-corrected chi connectivity index (χ0v) is 13.2. The van der Waals surface area contributed by atoms with Gasteiger partial charge in [-0.25, -0.2) is 0 Å². The summed E-state index contributed by atoms with van der Waals surface area (Å²) in [6.07, 6.45) is 1.83. The highest BCUT2D eigenvalue weighted by Gasteiger charge is 2.34. The van der Waals surface area contributed by atoms with Gasteiger partial charge >= 0.3 is 5.97 Å². The molecule has 2 unspecified atom stereocenters. The Bertz CT molecular complexity index is 573. The third-order valence-corrected chi connectivity index (χ3v) is 4.17. The Morgan fingerprint density at radius 2 is 2.04 bits per heavy atom. The van der Waals surface area contributed by atoms with Crippen LogP contribution in [0.1, 0.15) is 31.2 Å². The molecule has 124 valence electrons. The van der Waals surface area contributed by atoms with Crippen molar-refractivity contribution in [3.8, 4) is 0 Å². The van der Waals surface area contributed by atoms with Crippen molar-refractivity contribution in [1.29, 1.82) is 0 Å². The molecule has 2 atom stereocenters. The van der Waals surface area contributed by atoms with Crippen LogP contribution in [0.15, 0.2) is 30.3 Å². The zero-order valence-electron chi connectivity index (χ0n) is 13.2. The number of likely N-dealkylation sites (N-methyl/N-ethyl adjacent to an activating group) is 1. The van der Waals surface area contributed by atoms with E-state index < -0.39 is 12.0 Å². The molecule has 0 aromatic heterocycles. The lowest BCUT2D eigenvalue weighted by Crippen LogP contribution is -2.47. The van der Waals surface area contributed by atoms with Crippen LogP contribution < -0.4 is 5.32 Å². The molecule has 1 heterocycles. The number of carbonyl (C=O) groups is 3. The van der Waals surface area contributed by atoms with E-state index in [0.717, 1.165) is 5.56 Å². The van der Waals surface area contributed by atoms with Gasteiger partial charge in [0.05, 0.1) is 0 Å². The van der Waals surface area contributed by atoms with E-state index >= 15 is 0 Å². The second-order valence-electron chi connectivity index (χ2n) is 5.89. The minimum absolute atomic E-state index is 0.00276. The third-order valence-electron chi connectivity index (χ3n) is 4.17. The summed E-state index contributed by atoms with van der Waals surface area (Å²) in [6.45, 7) is 0. The Morgan fingerprint density at radius 3 is 2.61 bits per heavy atom.